The van der Waals surface area contributed by atoms with Crippen LogP contribution >= 0.6 is 0 Å². The van der Waals surface area contributed by atoms with Crippen LogP contribution in [0.15, 0.2) is 30.3 Å². The Balaban J connectivity index is 1.73. The lowest BCUT2D eigenvalue weighted by Crippen LogP contribution is -2.63. The minimum absolute atomic E-state index is 0.0157. The van der Waals surface area contributed by atoms with Crippen molar-refractivity contribution in [3.05, 3.63) is 35.9 Å². The fraction of sp³-hybridized carbons (Fsp3) is 0.562. The second kappa shape index (κ2) is 9.07. The third kappa shape index (κ3) is 4.97. The van der Waals surface area contributed by atoms with Crippen molar-refractivity contribution in [2.24, 2.45) is 0 Å². The molecule has 1 fully saturated rings. The van der Waals surface area contributed by atoms with Crippen LogP contribution in [0.5, 0.6) is 0 Å². The number of aliphatic hydroxyl groups is 4. The maximum atomic E-state index is 11.9. The lowest BCUT2D eigenvalue weighted by molar-refractivity contribution is -0.235. The smallest absolute Gasteiger partial charge is 0.236 e. The SMILES string of the molecule is O=C(CNCCc1ccccc1)N[C@@H]1O[C@H](CO)[C@@H](O)[C@H](O)[C@@H]1O. The molecule has 0 aliphatic carbocycles. The Morgan fingerprint density at radius 1 is 1.08 bits per heavy atom. The van der Waals surface area contributed by atoms with Crippen molar-refractivity contribution < 1.29 is 30.0 Å². The van der Waals surface area contributed by atoms with Crippen molar-refractivity contribution in [1.29, 1.82) is 0 Å². The molecule has 5 atom stereocenters. The summed E-state index contributed by atoms with van der Waals surface area (Å²) >= 11 is 0. The molecule has 1 amide bonds. The van der Waals surface area contributed by atoms with Gasteiger partial charge in [-0.25, -0.2) is 0 Å². The minimum Gasteiger partial charge on any atom is -0.394 e. The zero-order chi connectivity index (χ0) is 17.5. The van der Waals surface area contributed by atoms with Gasteiger partial charge >= 0.3 is 0 Å². The highest BCUT2D eigenvalue weighted by Gasteiger charge is 2.43. The average molecular weight is 340 g/mol. The number of carbonyl (C=O) groups is 1. The van der Waals surface area contributed by atoms with Crippen molar-refractivity contribution in [3.8, 4) is 0 Å². The lowest BCUT2D eigenvalue weighted by atomic mass is 9.98. The van der Waals surface area contributed by atoms with Gasteiger partial charge in [0.1, 0.15) is 24.4 Å². The zero-order valence-corrected chi connectivity index (χ0v) is 13.2. The van der Waals surface area contributed by atoms with Crippen LogP contribution in [0.3, 0.4) is 0 Å². The molecule has 1 aliphatic rings. The second-order valence-corrected chi connectivity index (χ2v) is 5.73. The van der Waals surface area contributed by atoms with E-state index in [9.17, 15) is 20.1 Å². The van der Waals surface area contributed by atoms with Gasteiger partial charge in [0.25, 0.3) is 0 Å². The van der Waals surface area contributed by atoms with Crippen molar-refractivity contribution in [2.75, 3.05) is 19.7 Å². The largest absolute Gasteiger partial charge is 0.394 e. The first-order valence-corrected chi connectivity index (χ1v) is 7.87. The predicted molar refractivity (Wildman–Crippen MR) is 84.9 cm³/mol. The van der Waals surface area contributed by atoms with Crippen LogP contribution in [0.2, 0.25) is 0 Å². The topological polar surface area (TPSA) is 131 Å². The standard InChI is InChI=1S/C16H24N2O6/c19-9-11-13(21)14(22)15(23)16(24-11)18-12(20)8-17-7-6-10-4-2-1-3-5-10/h1-5,11,13-17,19,21-23H,6-9H2,(H,18,20)/t11-,13-,14+,15+,16-/m1/s1. The first kappa shape index (κ1) is 18.8. The number of ether oxygens (including phenoxy) is 1. The molecule has 8 heteroatoms. The van der Waals surface area contributed by atoms with Gasteiger partial charge in [0.05, 0.1) is 13.2 Å². The van der Waals surface area contributed by atoms with E-state index in [1.165, 1.54) is 0 Å². The molecule has 1 saturated heterocycles. The van der Waals surface area contributed by atoms with Gasteiger partial charge < -0.3 is 35.8 Å². The van der Waals surface area contributed by atoms with Crippen LogP contribution in [0.1, 0.15) is 5.56 Å². The summed E-state index contributed by atoms with van der Waals surface area (Å²) in [4.78, 5) is 11.9. The molecule has 134 valence electrons. The molecule has 1 aromatic carbocycles. The molecule has 0 bridgehead atoms. The molecule has 24 heavy (non-hydrogen) atoms. The average Bonchev–Trinajstić information content (AvgIpc) is 2.60. The number of rotatable bonds is 7. The van der Waals surface area contributed by atoms with Crippen molar-refractivity contribution >= 4 is 5.91 Å². The van der Waals surface area contributed by atoms with E-state index in [1.54, 1.807) is 0 Å². The Kier molecular flexibility index (Phi) is 7.10. The van der Waals surface area contributed by atoms with Crippen LogP contribution in [-0.4, -0.2) is 76.7 Å². The van der Waals surface area contributed by atoms with Gasteiger partial charge in [-0.15, -0.1) is 0 Å². The first-order chi connectivity index (χ1) is 11.5. The molecule has 0 unspecified atom stereocenters. The summed E-state index contributed by atoms with van der Waals surface area (Å²) in [7, 11) is 0. The molecule has 6 N–H and O–H groups in total. The van der Waals surface area contributed by atoms with Crippen LogP contribution in [0.4, 0.5) is 0 Å². The number of carbonyl (C=O) groups excluding carboxylic acids is 1. The number of aliphatic hydroxyl groups excluding tert-OH is 4. The molecular weight excluding hydrogens is 316 g/mol. The van der Waals surface area contributed by atoms with E-state index in [0.717, 1.165) is 12.0 Å². The molecule has 0 radical (unpaired) electrons. The Morgan fingerprint density at radius 2 is 1.79 bits per heavy atom. The normalized spacial score (nSPS) is 30.1. The molecule has 0 saturated carbocycles. The van der Waals surface area contributed by atoms with Gasteiger partial charge in [0.2, 0.25) is 5.91 Å². The van der Waals surface area contributed by atoms with Crippen LogP contribution in [0.25, 0.3) is 0 Å². The number of nitrogens with one attached hydrogen (secondary N) is 2. The number of hydrogen-bond donors (Lipinski definition) is 6. The van der Waals surface area contributed by atoms with Gasteiger partial charge in [-0.05, 0) is 18.5 Å². The Hall–Kier alpha value is -1.55. The summed E-state index contributed by atoms with van der Waals surface area (Å²) in [5.41, 5.74) is 1.15. The van der Waals surface area contributed by atoms with E-state index >= 15 is 0 Å². The Labute approximate surface area is 140 Å². The van der Waals surface area contributed by atoms with E-state index in [1.807, 2.05) is 30.3 Å². The van der Waals surface area contributed by atoms with Crippen molar-refractivity contribution in [3.63, 3.8) is 0 Å². The molecule has 1 aliphatic heterocycles. The quantitative estimate of drug-likeness (QED) is 0.309. The van der Waals surface area contributed by atoms with E-state index in [2.05, 4.69) is 10.6 Å². The summed E-state index contributed by atoms with van der Waals surface area (Å²) < 4.78 is 5.21. The maximum Gasteiger partial charge on any atom is 0.236 e. The number of amides is 1. The van der Waals surface area contributed by atoms with Crippen molar-refractivity contribution in [2.45, 2.75) is 37.1 Å². The van der Waals surface area contributed by atoms with Gasteiger partial charge in [-0.2, -0.15) is 0 Å². The van der Waals surface area contributed by atoms with E-state index in [0.29, 0.717) is 6.54 Å². The highest BCUT2D eigenvalue weighted by Crippen LogP contribution is 2.19. The number of hydrogen-bond acceptors (Lipinski definition) is 7. The lowest BCUT2D eigenvalue weighted by Gasteiger charge is -2.40. The van der Waals surface area contributed by atoms with Crippen molar-refractivity contribution in [1.82, 2.24) is 10.6 Å². The summed E-state index contributed by atoms with van der Waals surface area (Å²) in [5, 5.41) is 43.7. The minimum atomic E-state index is -1.51. The van der Waals surface area contributed by atoms with E-state index in [4.69, 9.17) is 9.84 Å². The monoisotopic (exact) mass is 340 g/mol. The third-order valence-corrected chi connectivity index (χ3v) is 3.91. The van der Waals surface area contributed by atoms with Crippen LogP contribution < -0.4 is 10.6 Å². The summed E-state index contributed by atoms with van der Waals surface area (Å²) in [6, 6.07) is 9.82. The van der Waals surface area contributed by atoms with Gasteiger partial charge in [0, 0.05) is 0 Å². The molecule has 1 aromatic rings. The highest BCUT2D eigenvalue weighted by molar-refractivity contribution is 5.78. The molecular formula is C16H24N2O6. The summed E-state index contributed by atoms with van der Waals surface area (Å²) in [6.45, 7) is 0.0839. The van der Waals surface area contributed by atoms with Gasteiger partial charge in [0.15, 0.2) is 6.23 Å². The number of benzene rings is 1. The predicted octanol–water partition coefficient (Wildman–Crippen LogP) is -2.27. The molecule has 0 aromatic heterocycles. The fourth-order valence-corrected chi connectivity index (χ4v) is 2.51. The first-order valence-electron chi connectivity index (χ1n) is 7.87. The maximum absolute atomic E-state index is 11.9. The van der Waals surface area contributed by atoms with Gasteiger partial charge in [-0.1, -0.05) is 30.3 Å². The second-order valence-electron chi connectivity index (χ2n) is 5.73. The molecule has 8 nitrogen and oxygen atoms in total. The molecule has 0 spiro atoms. The van der Waals surface area contributed by atoms with Gasteiger partial charge in [-0.3, -0.25) is 4.79 Å². The van der Waals surface area contributed by atoms with E-state index < -0.39 is 43.2 Å². The summed E-state index contributed by atoms with van der Waals surface area (Å²) in [6.07, 6.45) is -5.89. The highest BCUT2D eigenvalue weighted by atomic mass is 16.6. The Bertz CT molecular complexity index is 513. The van der Waals surface area contributed by atoms with Crippen LogP contribution in [0, 0.1) is 0 Å². The Morgan fingerprint density at radius 3 is 2.46 bits per heavy atom. The zero-order valence-electron chi connectivity index (χ0n) is 13.2. The third-order valence-electron chi connectivity index (χ3n) is 3.91. The summed E-state index contributed by atoms with van der Waals surface area (Å²) in [5.74, 6) is -0.424. The van der Waals surface area contributed by atoms with Crippen LogP contribution in [-0.2, 0) is 16.0 Å². The fourth-order valence-electron chi connectivity index (χ4n) is 2.51. The molecule has 2 rings (SSSR count). The van der Waals surface area contributed by atoms with E-state index in [-0.39, 0.29) is 6.54 Å². The molecule has 1 heterocycles.